The van der Waals surface area contributed by atoms with Crippen LogP contribution in [-0.2, 0) is 6.61 Å². The van der Waals surface area contributed by atoms with Crippen molar-refractivity contribution >= 4 is 29.0 Å². The predicted molar refractivity (Wildman–Crippen MR) is 128 cm³/mol. The van der Waals surface area contributed by atoms with Gasteiger partial charge in [-0.15, -0.1) is 0 Å². The van der Waals surface area contributed by atoms with Gasteiger partial charge in [0.1, 0.15) is 23.9 Å². The van der Waals surface area contributed by atoms with Gasteiger partial charge in [-0.05, 0) is 60.2 Å². The average molecular weight is 445 g/mol. The van der Waals surface area contributed by atoms with Gasteiger partial charge in [0.15, 0.2) is 0 Å². The van der Waals surface area contributed by atoms with Crippen LogP contribution in [0.2, 0.25) is 5.02 Å². The second-order valence-electron chi connectivity index (χ2n) is 6.94. The van der Waals surface area contributed by atoms with Crippen LogP contribution in [0.1, 0.15) is 5.56 Å². The van der Waals surface area contributed by atoms with Crippen LogP contribution in [0.5, 0.6) is 17.2 Å². The highest BCUT2D eigenvalue weighted by Crippen LogP contribution is 2.29. The van der Waals surface area contributed by atoms with E-state index in [9.17, 15) is 4.79 Å². The lowest BCUT2D eigenvalue weighted by atomic mass is 10.2. The van der Waals surface area contributed by atoms with Gasteiger partial charge in [0.2, 0.25) is 0 Å². The predicted octanol–water partition coefficient (Wildman–Crippen LogP) is 7.36. The van der Waals surface area contributed by atoms with Crippen molar-refractivity contribution < 1.29 is 14.3 Å². The van der Waals surface area contributed by atoms with E-state index in [0.717, 1.165) is 11.3 Å². The number of para-hydroxylation sites is 1. The molecule has 0 fully saturated rings. The van der Waals surface area contributed by atoms with Gasteiger partial charge >= 0.3 is 6.03 Å². The number of carbonyl (C=O) groups is 1. The molecule has 4 rings (SSSR count). The highest BCUT2D eigenvalue weighted by Gasteiger charge is 2.08. The molecule has 5 nitrogen and oxygen atoms in total. The molecule has 4 aromatic carbocycles. The van der Waals surface area contributed by atoms with Gasteiger partial charge in [-0.25, -0.2) is 4.79 Å². The van der Waals surface area contributed by atoms with E-state index < -0.39 is 0 Å². The number of urea groups is 1. The minimum Gasteiger partial charge on any atom is -0.487 e. The Labute approximate surface area is 191 Å². The first kappa shape index (κ1) is 21.3. The highest BCUT2D eigenvalue weighted by atomic mass is 35.5. The molecule has 0 unspecified atom stereocenters. The zero-order chi connectivity index (χ0) is 22.2. The number of rotatable bonds is 7. The minimum atomic E-state index is -0.379. The molecule has 0 heterocycles. The van der Waals surface area contributed by atoms with Crippen LogP contribution in [0.4, 0.5) is 16.2 Å². The van der Waals surface area contributed by atoms with Crippen molar-refractivity contribution in [2.45, 2.75) is 6.61 Å². The molecule has 0 spiro atoms. The van der Waals surface area contributed by atoms with Gasteiger partial charge in [0.25, 0.3) is 0 Å². The topological polar surface area (TPSA) is 59.6 Å². The standard InChI is InChI=1S/C26H21ClN2O3/c27-24-17-21(13-16-25(24)31-18-19-7-3-1-4-8-19)29-26(30)28-20-11-14-23(15-12-20)32-22-9-5-2-6-10-22/h1-17H,18H2,(H2,28,29,30). The van der Waals surface area contributed by atoms with Crippen LogP contribution < -0.4 is 20.1 Å². The third kappa shape index (κ3) is 6.03. The lowest BCUT2D eigenvalue weighted by Gasteiger charge is -2.12. The van der Waals surface area contributed by atoms with E-state index >= 15 is 0 Å². The Kier molecular flexibility index (Phi) is 6.90. The van der Waals surface area contributed by atoms with Crippen molar-refractivity contribution in [2.24, 2.45) is 0 Å². The summed E-state index contributed by atoms with van der Waals surface area (Å²) in [5.41, 5.74) is 2.24. The van der Waals surface area contributed by atoms with Gasteiger partial charge in [0.05, 0.1) is 5.02 Å². The maximum Gasteiger partial charge on any atom is 0.323 e. The maximum atomic E-state index is 12.3. The molecule has 32 heavy (non-hydrogen) atoms. The van der Waals surface area contributed by atoms with Gasteiger partial charge in [-0.1, -0.05) is 60.1 Å². The molecule has 0 aromatic heterocycles. The monoisotopic (exact) mass is 444 g/mol. The molecular formula is C26H21ClN2O3. The Hall–Kier alpha value is -3.96. The first-order valence-electron chi connectivity index (χ1n) is 10.0. The summed E-state index contributed by atoms with van der Waals surface area (Å²) in [5.74, 6) is 1.98. The fraction of sp³-hybridized carbons (Fsp3) is 0.0385. The van der Waals surface area contributed by atoms with Crippen molar-refractivity contribution in [3.63, 3.8) is 0 Å². The Morgan fingerprint density at radius 2 is 1.31 bits per heavy atom. The number of hydrogen-bond donors (Lipinski definition) is 2. The minimum absolute atomic E-state index is 0.379. The van der Waals surface area contributed by atoms with Crippen LogP contribution >= 0.6 is 11.6 Å². The van der Waals surface area contributed by atoms with Gasteiger partial charge < -0.3 is 20.1 Å². The Morgan fingerprint density at radius 1 is 0.719 bits per heavy atom. The van der Waals surface area contributed by atoms with E-state index in [2.05, 4.69) is 10.6 Å². The third-order valence-electron chi connectivity index (χ3n) is 4.52. The fourth-order valence-corrected chi connectivity index (χ4v) is 3.19. The third-order valence-corrected chi connectivity index (χ3v) is 4.81. The number of amides is 2. The van der Waals surface area contributed by atoms with E-state index in [-0.39, 0.29) is 6.03 Å². The molecule has 0 aliphatic rings. The second kappa shape index (κ2) is 10.4. The van der Waals surface area contributed by atoms with Gasteiger partial charge in [-0.3, -0.25) is 0 Å². The van der Waals surface area contributed by atoms with Crippen molar-refractivity contribution in [2.75, 3.05) is 10.6 Å². The molecular weight excluding hydrogens is 424 g/mol. The van der Waals surface area contributed by atoms with Crippen molar-refractivity contribution in [3.05, 3.63) is 114 Å². The Bertz CT molecular complexity index is 1170. The molecule has 6 heteroatoms. The van der Waals surface area contributed by atoms with E-state index in [1.165, 1.54) is 0 Å². The molecule has 2 amide bonds. The van der Waals surface area contributed by atoms with Gasteiger partial charge in [-0.2, -0.15) is 0 Å². The molecule has 0 aliphatic carbocycles. The van der Waals surface area contributed by atoms with Crippen molar-refractivity contribution in [3.8, 4) is 17.2 Å². The molecule has 0 aliphatic heterocycles. The van der Waals surface area contributed by atoms with E-state index in [1.807, 2.05) is 60.7 Å². The number of benzene rings is 4. The zero-order valence-corrected chi connectivity index (χ0v) is 17.9. The molecule has 160 valence electrons. The SMILES string of the molecule is O=C(Nc1ccc(Oc2ccccc2)cc1)Nc1ccc(OCc2ccccc2)c(Cl)c1. The molecule has 2 N–H and O–H groups in total. The van der Waals surface area contributed by atoms with E-state index in [1.54, 1.807) is 42.5 Å². The van der Waals surface area contributed by atoms with Crippen LogP contribution in [0.25, 0.3) is 0 Å². The van der Waals surface area contributed by atoms with Crippen LogP contribution in [-0.4, -0.2) is 6.03 Å². The number of nitrogens with one attached hydrogen (secondary N) is 2. The van der Waals surface area contributed by atoms with Crippen LogP contribution in [0.3, 0.4) is 0 Å². The second-order valence-corrected chi connectivity index (χ2v) is 7.35. The number of anilines is 2. The van der Waals surface area contributed by atoms with Crippen molar-refractivity contribution in [1.82, 2.24) is 0 Å². The summed E-state index contributed by atoms with van der Waals surface area (Å²) in [6, 6.07) is 31.2. The molecule has 0 saturated carbocycles. The van der Waals surface area contributed by atoms with Gasteiger partial charge in [0, 0.05) is 11.4 Å². The van der Waals surface area contributed by atoms with E-state index in [4.69, 9.17) is 21.1 Å². The summed E-state index contributed by atoms with van der Waals surface area (Å²) in [6.07, 6.45) is 0. The quantitative estimate of drug-likeness (QED) is 0.313. The summed E-state index contributed by atoms with van der Waals surface area (Å²) in [7, 11) is 0. The summed E-state index contributed by atoms with van der Waals surface area (Å²) in [4.78, 5) is 12.3. The molecule has 4 aromatic rings. The maximum absolute atomic E-state index is 12.3. The summed E-state index contributed by atoms with van der Waals surface area (Å²) in [5, 5.41) is 5.97. The van der Waals surface area contributed by atoms with E-state index in [0.29, 0.717) is 34.5 Å². The lowest BCUT2D eigenvalue weighted by molar-refractivity contribution is 0.262. The smallest absolute Gasteiger partial charge is 0.323 e. The lowest BCUT2D eigenvalue weighted by Crippen LogP contribution is -2.19. The molecule has 0 saturated heterocycles. The number of halogens is 1. The first-order chi connectivity index (χ1) is 15.7. The highest BCUT2D eigenvalue weighted by molar-refractivity contribution is 6.32. The molecule has 0 radical (unpaired) electrons. The largest absolute Gasteiger partial charge is 0.487 e. The molecule has 0 bridgehead atoms. The van der Waals surface area contributed by atoms with Crippen LogP contribution in [0, 0.1) is 0 Å². The number of hydrogen-bond acceptors (Lipinski definition) is 3. The normalized spacial score (nSPS) is 10.3. The fourth-order valence-electron chi connectivity index (χ4n) is 2.96. The first-order valence-corrected chi connectivity index (χ1v) is 10.4. The summed E-state index contributed by atoms with van der Waals surface area (Å²) < 4.78 is 11.5. The molecule has 0 atom stereocenters. The van der Waals surface area contributed by atoms with Crippen LogP contribution in [0.15, 0.2) is 103 Å². The number of carbonyl (C=O) groups excluding carboxylic acids is 1. The van der Waals surface area contributed by atoms with Crippen molar-refractivity contribution in [1.29, 1.82) is 0 Å². The summed E-state index contributed by atoms with van der Waals surface area (Å²) in [6.45, 7) is 0.414. The Morgan fingerprint density at radius 3 is 2.00 bits per heavy atom. The summed E-state index contributed by atoms with van der Waals surface area (Å²) >= 11 is 6.31. The zero-order valence-electron chi connectivity index (χ0n) is 17.1. The average Bonchev–Trinajstić information content (AvgIpc) is 2.81. The Balaban J connectivity index is 1.30. The number of ether oxygens (including phenoxy) is 2.